The van der Waals surface area contributed by atoms with Crippen LogP contribution >= 0.6 is 0 Å². The fourth-order valence-corrected chi connectivity index (χ4v) is 2.50. The molecule has 3 rings (SSSR count). The summed E-state index contributed by atoms with van der Waals surface area (Å²) in [6.45, 7) is 0.204. The zero-order valence-corrected chi connectivity index (χ0v) is 15.5. The smallest absolute Gasteiger partial charge is 0.416 e. The molecule has 0 aromatic heterocycles. The number of nitro benzene ring substituents is 1. The van der Waals surface area contributed by atoms with Crippen LogP contribution < -0.4 is 10.2 Å². The SMILES string of the molecule is O=[N+]([O-])c1ccc(COc2ccccc2/C=N/Nc2ccc(C(F)(F)F)cc2)cc1. The van der Waals surface area contributed by atoms with E-state index in [-0.39, 0.29) is 12.3 Å². The highest BCUT2D eigenvalue weighted by atomic mass is 19.4. The summed E-state index contributed by atoms with van der Waals surface area (Å²) in [6.07, 6.45) is -2.90. The van der Waals surface area contributed by atoms with Crippen LogP contribution in [-0.2, 0) is 12.8 Å². The normalized spacial score (nSPS) is 11.4. The van der Waals surface area contributed by atoms with Crippen molar-refractivity contribution in [2.24, 2.45) is 5.10 Å². The fourth-order valence-electron chi connectivity index (χ4n) is 2.50. The van der Waals surface area contributed by atoms with Crippen molar-refractivity contribution in [3.63, 3.8) is 0 Å². The summed E-state index contributed by atoms with van der Waals surface area (Å²) in [7, 11) is 0. The number of hydrazone groups is 1. The van der Waals surface area contributed by atoms with Crippen LogP contribution in [-0.4, -0.2) is 11.1 Å². The standard InChI is InChI=1S/C21H16F3N3O3/c22-21(23,24)17-7-9-18(10-8-17)26-25-13-16-3-1-2-4-20(16)30-14-15-5-11-19(12-6-15)27(28)29/h1-13,26H,14H2/b25-13+. The number of benzene rings is 3. The molecule has 0 aliphatic heterocycles. The van der Waals surface area contributed by atoms with Gasteiger partial charge in [-0.2, -0.15) is 18.3 Å². The maximum atomic E-state index is 12.6. The zero-order chi connectivity index (χ0) is 21.6. The number of para-hydroxylation sites is 1. The second-order valence-electron chi connectivity index (χ2n) is 6.20. The molecule has 154 valence electrons. The summed E-state index contributed by atoms with van der Waals surface area (Å²) in [5, 5.41) is 14.7. The summed E-state index contributed by atoms with van der Waals surface area (Å²) in [4.78, 5) is 10.2. The van der Waals surface area contributed by atoms with Crippen molar-refractivity contribution in [2.75, 3.05) is 5.43 Å². The molecule has 3 aromatic rings. The van der Waals surface area contributed by atoms with E-state index in [1.807, 2.05) is 0 Å². The molecule has 0 amide bonds. The number of ether oxygens (including phenoxy) is 1. The van der Waals surface area contributed by atoms with Crippen molar-refractivity contribution in [1.29, 1.82) is 0 Å². The third kappa shape index (κ3) is 5.57. The lowest BCUT2D eigenvalue weighted by molar-refractivity contribution is -0.384. The van der Waals surface area contributed by atoms with E-state index in [1.165, 1.54) is 30.5 Å². The van der Waals surface area contributed by atoms with Gasteiger partial charge in [0, 0.05) is 17.7 Å². The first-order chi connectivity index (χ1) is 14.3. The number of hydrogen-bond acceptors (Lipinski definition) is 5. The first kappa shape index (κ1) is 20.8. The number of halogens is 3. The molecule has 0 radical (unpaired) electrons. The van der Waals surface area contributed by atoms with Gasteiger partial charge in [-0.25, -0.2) is 0 Å². The summed E-state index contributed by atoms with van der Waals surface area (Å²) in [6, 6.07) is 17.6. The van der Waals surface area contributed by atoms with Gasteiger partial charge in [0.25, 0.3) is 5.69 Å². The number of rotatable bonds is 7. The van der Waals surface area contributed by atoms with E-state index in [2.05, 4.69) is 10.5 Å². The minimum absolute atomic E-state index is 0.000578. The van der Waals surface area contributed by atoms with Crippen LogP contribution in [0.2, 0.25) is 0 Å². The lowest BCUT2D eigenvalue weighted by Gasteiger charge is -2.09. The Morgan fingerprint density at radius 2 is 1.67 bits per heavy atom. The molecule has 0 saturated carbocycles. The number of nitrogens with zero attached hydrogens (tertiary/aromatic N) is 2. The van der Waals surface area contributed by atoms with E-state index in [0.717, 1.165) is 17.7 Å². The minimum atomic E-state index is -4.39. The molecule has 9 heteroatoms. The minimum Gasteiger partial charge on any atom is -0.488 e. The summed E-state index contributed by atoms with van der Waals surface area (Å²) in [5.74, 6) is 0.536. The van der Waals surface area contributed by atoms with Gasteiger partial charge in [-0.3, -0.25) is 15.5 Å². The second kappa shape index (κ2) is 9.08. The quantitative estimate of drug-likeness (QED) is 0.308. The third-order valence-electron chi connectivity index (χ3n) is 4.07. The molecule has 0 fully saturated rings. The van der Waals surface area contributed by atoms with Gasteiger partial charge in [0.2, 0.25) is 0 Å². The van der Waals surface area contributed by atoms with Gasteiger partial charge in [-0.15, -0.1) is 0 Å². The van der Waals surface area contributed by atoms with Crippen molar-refractivity contribution >= 4 is 17.6 Å². The molecule has 3 aromatic carbocycles. The highest BCUT2D eigenvalue weighted by molar-refractivity contribution is 5.84. The van der Waals surface area contributed by atoms with Crippen LogP contribution in [0.15, 0.2) is 77.9 Å². The van der Waals surface area contributed by atoms with Gasteiger partial charge in [0.15, 0.2) is 0 Å². The van der Waals surface area contributed by atoms with Gasteiger partial charge >= 0.3 is 6.18 Å². The molecule has 0 aliphatic carbocycles. The van der Waals surface area contributed by atoms with E-state index >= 15 is 0 Å². The van der Waals surface area contributed by atoms with Crippen LogP contribution in [0.1, 0.15) is 16.7 Å². The molecule has 6 nitrogen and oxygen atoms in total. The van der Waals surface area contributed by atoms with Gasteiger partial charge in [-0.1, -0.05) is 12.1 Å². The maximum absolute atomic E-state index is 12.6. The third-order valence-corrected chi connectivity index (χ3v) is 4.07. The Bertz CT molecular complexity index is 1030. The Morgan fingerprint density at radius 1 is 1.00 bits per heavy atom. The average Bonchev–Trinajstić information content (AvgIpc) is 2.73. The summed E-state index contributed by atoms with van der Waals surface area (Å²) < 4.78 is 43.5. The Hall–Kier alpha value is -3.88. The van der Waals surface area contributed by atoms with Crippen molar-refractivity contribution in [3.8, 4) is 5.75 Å². The molecule has 0 heterocycles. The van der Waals surface area contributed by atoms with Gasteiger partial charge in [0.1, 0.15) is 12.4 Å². The van der Waals surface area contributed by atoms with E-state index in [1.54, 1.807) is 36.4 Å². The van der Waals surface area contributed by atoms with Crippen LogP contribution in [0, 0.1) is 10.1 Å². The average molecular weight is 415 g/mol. The molecule has 0 saturated heterocycles. The fraction of sp³-hybridized carbons (Fsp3) is 0.0952. The van der Waals surface area contributed by atoms with Gasteiger partial charge in [0.05, 0.1) is 22.4 Å². The lowest BCUT2D eigenvalue weighted by atomic mass is 10.2. The second-order valence-corrected chi connectivity index (χ2v) is 6.20. The van der Waals surface area contributed by atoms with E-state index in [4.69, 9.17) is 4.74 Å². The molecule has 0 atom stereocenters. The number of hydrogen-bond donors (Lipinski definition) is 1. The Morgan fingerprint density at radius 3 is 2.30 bits per heavy atom. The monoisotopic (exact) mass is 415 g/mol. The summed E-state index contributed by atoms with van der Waals surface area (Å²) >= 11 is 0. The van der Waals surface area contributed by atoms with Crippen molar-refractivity contribution < 1.29 is 22.8 Å². The highest BCUT2D eigenvalue weighted by Gasteiger charge is 2.29. The van der Waals surface area contributed by atoms with E-state index in [9.17, 15) is 23.3 Å². The number of alkyl halides is 3. The Labute approximate surface area is 169 Å². The predicted molar refractivity (Wildman–Crippen MR) is 107 cm³/mol. The number of non-ortho nitro benzene ring substituents is 1. The van der Waals surface area contributed by atoms with Crippen molar-refractivity contribution in [3.05, 3.63) is 99.6 Å². The van der Waals surface area contributed by atoms with Gasteiger partial charge < -0.3 is 4.74 Å². The van der Waals surface area contributed by atoms with E-state index in [0.29, 0.717) is 17.0 Å². The first-order valence-corrected chi connectivity index (χ1v) is 8.74. The molecule has 0 aliphatic rings. The molecular weight excluding hydrogens is 399 g/mol. The topological polar surface area (TPSA) is 76.8 Å². The van der Waals surface area contributed by atoms with Crippen molar-refractivity contribution in [2.45, 2.75) is 12.8 Å². The first-order valence-electron chi connectivity index (χ1n) is 8.74. The zero-order valence-electron chi connectivity index (χ0n) is 15.5. The Balaban J connectivity index is 1.62. The van der Waals surface area contributed by atoms with Crippen molar-refractivity contribution in [1.82, 2.24) is 0 Å². The number of anilines is 1. The Kier molecular flexibility index (Phi) is 6.31. The highest BCUT2D eigenvalue weighted by Crippen LogP contribution is 2.29. The molecule has 0 bridgehead atoms. The molecule has 30 heavy (non-hydrogen) atoms. The predicted octanol–water partition coefficient (Wildman–Crippen LogP) is 5.64. The van der Waals surface area contributed by atoms with E-state index < -0.39 is 16.7 Å². The molecule has 0 unspecified atom stereocenters. The maximum Gasteiger partial charge on any atom is 0.416 e. The lowest BCUT2D eigenvalue weighted by Crippen LogP contribution is -2.04. The molecule has 0 spiro atoms. The summed E-state index contributed by atoms with van der Waals surface area (Å²) in [5.41, 5.74) is 3.76. The number of nitro groups is 1. The largest absolute Gasteiger partial charge is 0.488 e. The molecule has 1 N–H and O–H groups in total. The van der Waals surface area contributed by atoms with Crippen LogP contribution in [0.3, 0.4) is 0 Å². The van der Waals surface area contributed by atoms with Crippen LogP contribution in [0.5, 0.6) is 5.75 Å². The van der Waals surface area contributed by atoms with Gasteiger partial charge in [-0.05, 0) is 54.1 Å². The van der Waals surface area contributed by atoms with Crippen LogP contribution in [0.25, 0.3) is 0 Å². The molecular formula is C21H16F3N3O3. The number of nitrogens with one attached hydrogen (secondary N) is 1. The van der Waals surface area contributed by atoms with Crippen LogP contribution in [0.4, 0.5) is 24.5 Å².